The summed E-state index contributed by atoms with van der Waals surface area (Å²) in [5, 5.41) is 9.29. The topological polar surface area (TPSA) is 29.5 Å². The number of rotatable bonds is 4. The highest BCUT2D eigenvalue weighted by Gasteiger charge is 2.24. The number of hydrogen-bond acceptors (Lipinski definition) is 2. The van der Waals surface area contributed by atoms with Crippen LogP contribution in [0.15, 0.2) is 0 Å². The fourth-order valence-corrected chi connectivity index (χ4v) is 2.25. The molecule has 2 saturated carbocycles. The van der Waals surface area contributed by atoms with Crippen molar-refractivity contribution in [3.05, 3.63) is 0 Å². The van der Waals surface area contributed by atoms with E-state index in [1.165, 1.54) is 25.7 Å². The quantitative estimate of drug-likeness (QED) is 0.725. The Morgan fingerprint density at radius 3 is 2.54 bits per heavy atom. The van der Waals surface area contributed by atoms with E-state index >= 15 is 0 Å². The van der Waals surface area contributed by atoms with Crippen molar-refractivity contribution in [2.45, 2.75) is 57.2 Å². The first-order valence-corrected chi connectivity index (χ1v) is 5.64. The minimum Gasteiger partial charge on any atom is -0.393 e. The molecule has 0 aliphatic heterocycles. The maximum absolute atomic E-state index is 9.29. The SMILES string of the molecule is OC1CCC(OCCC2CCC2)C1. The second kappa shape index (κ2) is 4.43. The van der Waals surface area contributed by atoms with Gasteiger partial charge in [-0.05, 0) is 31.6 Å². The molecule has 13 heavy (non-hydrogen) atoms. The third kappa shape index (κ3) is 2.68. The van der Waals surface area contributed by atoms with Crippen molar-refractivity contribution in [1.82, 2.24) is 0 Å². The molecule has 2 aliphatic carbocycles. The molecule has 0 bridgehead atoms. The summed E-state index contributed by atoms with van der Waals surface area (Å²) in [6, 6.07) is 0. The van der Waals surface area contributed by atoms with Crippen molar-refractivity contribution >= 4 is 0 Å². The van der Waals surface area contributed by atoms with E-state index in [4.69, 9.17) is 4.74 Å². The van der Waals surface area contributed by atoms with Gasteiger partial charge in [-0.3, -0.25) is 0 Å². The predicted molar refractivity (Wildman–Crippen MR) is 51.6 cm³/mol. The molecule has 0 saturated heterocycles. The molecule has 2 fully saturated rings. The van der Waals surface area contributed by atoms with Gasteiger partial charge in [0.25, 0.3) is 0 Å². The van der Waals surface area contributed by atoms with Crippen LogP contribution in [0.1, 0.15) is 44.9 Å². The lowest BCUT2D eigenvalue weighted by molar-refractivity contribution is 0.0337. The van der Waals surface area contributed by atoms with E-state index in [1.807, 2.05) is 0 Å². The van der Waals surface area contributed by atoms with Gasteiger partial charge >= 0.3 is 0 Å². The Balaban J connectivity index is 1.52. The van der Waals surface area contributed by atoms with Crippen LogP contribution in [0, 0.1) is 5.92 Å². The van der Waals surface area contributed by atoms with E-state index in [2.05, 4.69) is 0 Å². The fraction of sp³-hybridized carbons (Fsp3) is 1.00. The Labute approximate surface area is 80.3 Å². The summed E-state index contributed by atoms with van der Waals surface area (Å²) < 4.78 is 5.72. The Morgan fingerprint density at radius 2 is 2.00 bits per heavy atom. The van der Waals surface area contributed by atoms with Crippen molar-refractivity contribution in [2.24, 2.45) is 5.92 Å². The molecule has 0 radical (unpaired) electrons. The van der Waals surface area contributed by atoms with Crippen molar-refractivity contribution in [3.8, 4) is 0 Å². The van der Waals surface area contributed by atoms with E-state index in [1.54, 1.807) is 0 Å². The van der Waals surface area contributed by atoms with Crippen molar-refractivity contribution in [1.29, 1.82) is 0 Å². The van der Waals surface area contributed by atoms with Crippen molar-refractivity contribution in [2.75, 3.05) is 6.61 Å². The van der Waals surface area contributed by atoms with Gasteiger partial charge in [0.2, 0.25) is 0 Å². The molecule has 2 atom stereocenters. The lowest BCUT2D eigenvalue weighted by Gasteiger charge is -2.25. The number of aliphatic hydroxyl groups excluding tert-OH is 1. The van der Waals surface area contributed by atoms with Gasteiger partial charge in [-0.25, -0.2) is 0 Å². The summed E-state index contributed by atoms with van der Waals surface area (Å²) >= 11 is 0. The Kier molecular flexibility index (Phi) is 3.23. The predicted octanol–water partition coefficient (Wildman–Crippen LogP) is 2.11. The molecule has 2 rings (SSSR count). The van der Waals surface area contributed by atoms with Gasteiger partial charge in [0.1, 0.15) is 0 Å². The molecule has 2 nitrogen and oxygen atoms in total. The average Bonchev–Trinajstić information content (AvgIpc) is 2.42. The minimum atomic E-state index is -0.0892. The Hall–Kier alpha value is -0.0800. The maximum atomic E-state index is 9.29. The molecule has 0 aromatic rings. The summed E-state index contributed by atoms with van der Waals surface area (Å²) in [5.74, 6) is 0.950. The number of ether oxygens (including phenoxy) is 1. The molecule has 0 heterocycles. The van der Waals surface area contributed by atoms with Crippen LogP contribution in [-0.2, 0) is 4.74 Å². The largest absolute Gasteiger partial charge is 0.393 e. The molecule has 76 valence electrons. The molecular weight excluding hydrogens is 164 g/mol. The van der Waals surface area contributed by atoms with Crippen LogP contribution in [0.2, 0.25) is 0 Å². The first-order valence-electron chi connectivity index (χ1n) is 5.64. The second-order valence-corrected chi connectivity index (χ2v) is 4.55. The van der Waals surface area contributed by atoms with Crippen molar-refractivity contribution < 1.29 is 9.84 Å². The van der Waals surface area contributed by atoms with Crippen LogP contribution in [0.4, 0.5) is 0 Å². The molecule has 1 N–H and O–H groups in total. The Bertz CT molecular complexity index is 154. The second-order valence-electron chi connectivity index (χ2n) is 4.55. The van der Waals surface area contributed by atoms with Gasteiger partial charge in [-0.2, -0.15) is 0 Å². The summed E-state index contributed by atoms with van der Waals surface area (Å²) in [4.78, 5) is 0. The molecule has 0 aromatic carbocycles. The van der Waals surface area contributed by atoms with Crippen LogP contribution in [-0.4, -0.2) is 23.9 Å². The highest BCUT2D eigenvalue weighted by Crippen LogP contribution is 2.30. The molecule has 0 spiro atoms. The highest BCUT2D eigenvalue weighted by molar-refractivity contribution is 4.75. The lowest BCUT2D eigenvalue weighted by Crippen LogP contribution is -2.17. The van der Waals surface area contributed by atoms with Gasteiger partial charge in [-0.15, -0.1) is 0 Å². The zero-order valence-electron chi connectivity index (χ0n) is 8.24. The third-order valence-electron chi connectivity index (χ3n) is 3.46. The standard InChI is InChI=1S/C11H20O2/c12-10-4-5-11(8-10)13-7-6-9-2-1-3-9/h9-12H,1-8H2. The Morgan fingerprint density at radius 1 is 1.15 bits per heavy atom. The van der Waals surface area contributed by atoms with Crippen LogP contribution in [0.25, 0.3) is 0 Å². The number of aliphatic hydroxyl groups is 1. The van der Waals surface area contributed by atoms with Crippen LogP contribution >= 0.6 is 0 Å². The maximum Gasteiger partial charge on any atom is 0.0600 e. The molecule has 2 unspecified atom stereocenters. The van der Waals surface area contributed by atoms with E-state index in [9.17, 15) is 5.11 Å². The molecule has 2 aliphatic rings. The smallest absolute Gasteiger partial charge is 0.0600 e. The van der Waals surface area contributed by atoms with Crippen LogP contribution in [0.5, 0.6) is 0 Å². The summed E-state index contributed by atoms with van der Waals surface area (Å²) in [5.41, 5.74) is 0. The summed E-state index contributed by atoms with van der Waals surface area (Å²) in [6.07, 6.45) is 8.63. The normalized spacial score (nSPS) is 34.8. The van der Waals surface area contributed by atoms with Crippen molar-refractivity contribution in [3.63, 3.8) is 0 Å². The van der Waals surface area contributed by atoms with Gasteiger partial charge < -0.3 is 9.84 Å². The first kappa shape index (κ1) is 9.47. The first-order chi connectivity index (χ1) is 6.34. The lowest BCUT2D eigenvalue weighted by atomic mass is 9.83. The van der Waals surface area contributed by atoms with Gasteiger partial charge in [0.05, 0.1) is 12.2 Å². The van der Waals surface area contributed by atoms with Crippen LogP contribution < -0.4 is 0 Å². The minimum absolute atomic E-state index is 0.0892. The van der Waals surface area contributed by atoms with E-state index in [0.717, 1.165) is 31.8 Å². The molecule has 0 aromatic heterocycles. The van der Waals surface area contributed by atoms with Gasteiger partial charge in [-0.1, -0.05) is 19.3 Å². The summed E-state index contributed by atoms with van der Waals surface area (Å²) in [6.45, 7) is 0.919. The van der Waals surface area contributed by atoms with E-state index in [-0.39, 0.29) is 6.10 Å². The molecule has 0 amide bonds. The molecule has 2 heteroatoms. The third-order valence-corrected chi connectivity index (χ3v) is 3.46. The number of hydrogen-bond donors (Lipinski definition) is 1. The zero-order valence-corrected chi connectivity index (χ0v) is 8.24. The molecular formula is C11H20O2. The van der Waals surface area contributed by atoms with Gasteiger partial charge in [0.15, 0.2) is 0 Å². The van der Waals surface area contributed by atoms with Gasteiger partial charge in [0, 0.05) is 6.61 Å². The zero-order chi connectivity index (χ0) is 9.10. The summed E-state index contributed by atoms with van der Waals surface area (Å²) in [7, 11) is 0. The van der Waals surface area contributed by atoms with Crippen LogP contribution in [0.3, 0.4) is 0 Å². The fourth-order valence-electron chi connectivity index (χ4n) is 2.25. The monoisotopic (exact) mass is 184 g/mol. The average molecular weight is 184 g/mol. The van der Waals surface area contributed by atoms with E-state index in [0.29, 0.717) is 6.10 Å². The van der Waals surface area contributed by atoms with E-state index < -0.39 is 0 Å². The highest BCUT2D eigenvalue weighted by atomic mass is 16.5.